The zero-order chi connectivity index (χ0) is 14.5. The molecule has 1 aromatic carbocycles. The van der Waals surface area contributed by atoms with Crippen LogP contribution in [0.25, 0.3) is 10.4 Å². The van der Waals surface area contributed by atoms with Crippen molar-refractivity contribution in [3.05, 3.63) is 44.5 Å². The summed E-state index contributed by atoms with van der Waals surface area (Å²) in [5.41, 5.74) is 12.9. The summed E-state index contributed by atoms with van der Waals surface area (Å²) >= 11 is 3.06. The highest BCUT2D eigenvalue weighted by Crippen LogP contribution is 2.25. The summed E-state index contributed by atoms with van der Waals surface area (Å²) in [5.74, 6) is -1.03. The highest BCUT2D eigenvalue weighted by molar-refractivity contribution is 9.10. The Hall–Kier alpha value is -1.63. The smallest absolute Gasteiger partial charge is 0.242 e. The van der Waals surface area contributed by atoms with E-state index in [-0.39, 0.29) is 17.6 Å². The van der Waals surface area contributed by atoms with E-state index < -0.39 is 17.3 Å². The maximum absolute atomic E-state index is 13.2. The zero-order valence-electron chi connectivity index (χ0n) is 10.2. The number of primary amides is 1. The third-order valence-corrected chi connectivity index (χ3v) is 3.35. The van der Waals surface area contributed by atoms with E-state index in [2.05, 4.69) is 31.3 Å². The fourth-order valence-electron chi connectivity index (χ4n) is 1.54. The first-order valence-electron chi connectivity index (χ1n) is 5.43. The molecule has 8 heteroatoms. The summed E-state index contributed by atoms with van der Waals surface area (Å²) in [6.45, 7) is 2.05. The van der Waals surface area contributed by atoms with Crippen molar-refractivity contribution in [2.45, 2.75) is 12.5 Å². The molecule has 6 nitrogen and oxygen atoms in total. The molecule has 102 valence electrons. The van der Waals surface area contributed by atoms with Crippen LogP contribution < -0.4 is 11.1 Å². The SMILES string of the molecule is CC(NCCN=[N+]=[N-])(C(N)=O)c1ccc(F)c(Br)c1. The zero-order valence-corrected chi connectivity index (χ0v) is 11.8. The summed E-state index contributed by atoms with van der Waals surface area (Å²) in [5, 5.41) is 6.27. The number of benzene rings is 1. The van der Waals surface area contributed by atoms with E-state index in [0.717, 1.165) is 0 Å². The van der Waals surface area contributed by atoms with Crippen LogP contribution in [-0.4, -0.2) is 19.0 Å². The van der Waals surface area contributed by atoms with E-state index in [1.165, 1.54) is 18.2 Å². The number of amides is 1. The Labute approximate surface area is 117 Å². The largest absolute Gasteiger partial charge is 0.368 e. The number of nitrogens with zero attached hydrogens (tertiary/aromatic N) is 3. The highest BCUT2D eigenvalue weighted by atomic mass is 79.9. The van der Waals surface area contributed by atoms with Gasteiger partial charge in [-0.1, -0.05) is 11.2 Å². The molecule has 0 heterocycles. The highest BCUT2D eigenvalue weighted by Gasteiger charge is 2.32. The maximum atomic E-state index is 13.2. The van der Waals surface area contributed by atoms with Crippen molar-refractivity contribution in [1.29, 1.82) is 0 Å². The van der Waals surface area contributed by atoms with Crippen molar-refractivity contribution < 1.29 is 9.18 Å². The first-order chi connectivity index (χ1) is 8.91. The van der Waals surface area contributed by atoms with Gasteiger partial charge >= 0.3 is 0 Å². The van der Waals surface area contributed by atoms with E-state index >= 15 is 0 Å². The minimum absolute atomic E-state index is 0.182. The second-order valence-corrected chi connectivity index (χ2v) is 4.85. The standard InChI is InChI=1S/C11H13BrFN5O/c1-11(10(14)19,16-4-5-17-18-15)7-2-3-9(13)8(12)6-7/h2-3,6,16H,4-5H2,1H3,(H2,14,19). The molecule has 1 aromatic rings. The third-order valence-electron chi connectivity index (χ3n) is 2.74. The first-order valence-corrected chi connectivity index (χ1v) is 6.22. The van der Waals surface area contributed by atoms with Gasteiger partial charge in [0.2, 0.25) is 5.91 Å². The molecule has 0 fully saturated rings. The molecule has 1 unspecified atom stereocenters. The first kappa shape index (κ1) is 15.4. The van der Waals surface area contributed by atoms with Crippen LogP contribution in [-0.2, 0) is 10.3 Å². The Bertz CT molecular complexity index is 532. The van der Waals surface area contributed by atoms with Crippen molar-refractivity contribution in [3.8, 4) is 0 Å². The Morgan fingerprint density at radius 2 is 2.37 bits per heavy atom. The number of hydrogen-bond donors (Lipinski definition) is 2. The fourth-order valence-corrected chi connectivity index (χ4v) is 1.92. The third kappa shape index (κ3) is 3.66. The Morgan fingerprint density at radius 3 is 2.89 bits per heavy atom. The minimum atomic E-state index is -1.17. The average molecular weight is 330 g/mol. The van der Waals surface area contributed by atoms with E-state index in [1.54, 1.807) is 6.92 Å². The molecule has 1 amide bonds. The van der Waals surface area contributed by atoms with Crippen molar-refractivity contribution in [1.82, 2.24) is 5.32 Å². The van der Waals surface area contributed by atoms with Gasteiger partial charge in [-0.3, -0.25) is 10.1 Å². The lowest BCUT2D eigenvalue weighted by Gasteiger charge is -2.28. The molecule has 0 aliphatic carbocycles. The lowest BCUT2D eigenvalue weighted by Crippen LogP contribution is -2.51. The summed E-state index contributed by atoms with van der Waals surface area (Å²) in [6.07, 6.45) is 0. The number of carbonyl (C=O) groups excluding carboxylic acids is 1. The van der Waals surface area contributed by atoms with Crippen LogP contribution in [0.4, 0.5) is 4.39 Å². The van der Waals surface area contributed by atoms with Gasteiger partial charge in [-0.05, 0) is 46.1 Å². The van der Waals surface area contributed by atoms with Gasteiger partial charge in [0.25, 0.3) is 0 Å². The van der Waals surface area contributed by atoms with Gasteiger partial charge in [-0.15, -0.1) is 0 Å². The molecule has 0 aromatic heterocycles. The number of rotatable bonds is 6. The Morgan fingerprint density at radius 1 is 1.68 bits per heavy atom. The second-order valence-electron chi connectivity index (χ2n) is 4.00. The normalized spacial score (nSPS) is 13.4. The van der Waals surface area contributed by atoms with Gasteiger partial charge in [-0.25, -0.2) is 4.39 Å². The van der Waals surface area contributed by atoms with Crippen molar-refractivity contribution in [2.24, 2.45) is 10.8 Å². The van der Waals surface area contributed by atoms with Gasteiger partial charge in [0.05, 0.1) is 4.47 Å². The van der Waals surface area contributed by atoms with Crippen molar-refractivity contribution in [3.63, 3.8) is 0 Å². The summed E-state index contributed by atoms with van der Waals surface area (Å²) in [7, 11) is 0. The Kier molecular flexibility index (Phi) is 5.29. The lowest BCUT2D eigenvalue weighted by molar-refractivity contribution is -0.124. The molecule has 0 saturated heterocycles. The molecular weight excluding hydrogens is 317 g/mol. The number of nitrogens with one attached hydrogen (secondary N) is 1. The number of hydrogen-bond acceptors (Lipinski definition) is 3. The molecule has 1 rings (SSSR count). The van der Waals surface area contributed by atoms with Gasteiger partial charge in [-0.2, -0.15) is 0 Å². The quantitative estimate of drug-likeness (QED) is 0.361. The molecule has 0 spiro atoms. The van der Waals surface area contributed by atoms with Gasteiger partial charge in [0.1, 0.15) is 11.4 Å². The molecule has 19 heavy (non-hydrogen) atoms. The van der Waals surface area contributed by atoms with Gasteiger partial charge in [0, 0.05) is 18.0 Å². The molecule has 0 radical (unpaired) electrons. The maximum Gasteiger partial charge on any atom is 0.242 e. The fraction of sp³-hybridized carbons (Fsp3) is 0.364. The van der Waals surface area contributed by atoms with Crippen LogP contribution in [0.15, 0.2) is 27.8 Å². The van der Waals surface area contributed by atoms with Crippen LogP contribution >= 0.6 is 15.9 Å². The number of carbonyl (C=O) groups is 1. The lowest BCUT2D eigenvalue weighted by atomic mass is 9.91. The van der Waals surface area contributed by atoms with Crippen LogP contribution in [0.1, 0.15) is 12.5 Å². The van der Waals surface area contributed by atoms with Gasteiger partial charge < -0.3 is 5.73 Å². The average Bonchev–Trinajstić information content (AvgIpc) is 2.37. The molecule has 3 N–H and O–H groups in total. The van der Waals surface area contributed by atoms with E-state index in [4.69, 9.17) is 11.3 Å². The number of nitrogens with two attached hydrogens (primary N) is 1. The van der Waals surface area contributed by atoms with Crippen LogP contribution in [0.3, 0.4) is 0 Å². The Balaban J connectivity index is 3.00. The topological polar surface area (TPSA) is 104 Å². The van der Waals surface area contributed by atoms with Crippen LogP contribution in [0.2, 0.25) is 0 Å². The van der Waals surface area contributed by atoms with E-state index in [0.29, 0.717) is 5.56 Å². The molecule has 0 saturated carbocycles. The number of azide groups is 1. The van der Waals surface area contributed by atoms with Crippen molar-refractivity contribution >= 4 is 21.8 Å². The minimum Gasteiger partial charge on any atom is -0.368 e. The predicted octanol–water partition coefficient (Wildman–Crippen LogP) is 2.19. The van der Waals surface area contributed by atoms with E-state index in [1.807, 2.05) is 0 Å². The summed E-state index contributed by atoms with van der Waals surface area (Å²) in [6, 6.07) is 4.21. The monoisotopic (exact) mass is 329 g/mol. The van der Waals surface area contributed by atoms with Crippen molar-refractivity contribution in [2.75, 3.05) is 13.1 Å². The molecule has 0 aliphatic heterocycles. The number of halogens is 2. The second kappa shape index (κ2) is 6.51. The molecule has 1 atom stereocenters. The summed E-state index contributed by atoms with van der Waals surface area (Å²) < 4.78 is 13.4. The van der Waals surface area contributed by atoms with Crippen LogP contribution in [0, 0.1) is 5.82 Å². The summed E-state index contributed by atoms with van der Waals surface area (Å²) in [4.78, 5) is 14.2. The van der Waals surface area contributed by atoms with E-state index in [9.17, 15) is 9.18 Å². The molecular formula is C11H13BrFN5O. The molecule has 0 aliphatic rings. The predicted molar refractivity (Wildman–Crippen MR) is 72.7 cm³/mol. The molecule has 0 bridgehead atoms. The van der Waals surface area contributed by atoms with Crippen LogP contribution in [0.5, 0.6) is 0 Å². The van der Waals surface area contributed by atoms with Gasteiger partial charge in [0.15, 0.2) is 0 Å².